The number of nitrogens with two attached hydrogens (primary N) is 1. The summed E-state index contributed by atoms with van der Waals surface area (Å²) in [7, 11) is 0. The lowest BCUT2D eigenvalue weighted by molar-refractivity contribution is 0.102. The van der Waals surface area contributed by atoms with Gasteiger partial charge in [-0.2, -0.15) is 0 Å². The first-order valence-electron chi connectivity index (χ1n) is 6.64. The van der Waals surface area contributed by atoms with Crippen LogP contribution in [0.4, 0.5) is 18.3 Å². The maximum absolute atomic E-state index is 13.6. The van der Waals surface area contributed by atoms with Crippen molar-refractivity contribution in [2.24, 2.45) is 5.73 Å². The molecule has 0 saturated carbocycles. The number of rotatable bonds is 2. The summed E-state index contributed by atoms with van der Waals surface area (Å²) >= 11 is 1.26. The molecule has 116 valence electrons. The molecule has 0 fully saturated rings. The van der Waals surface area contributed by atoms with Crippen molar-refractivity contribution < 1.29 is 18.0 Å². The second-order valence-corrected chi connectivity index (χ2v) is 6.15. The highest BCUT2D eigenvalue weighted by Crippen LogP contribution is 2.29. The van der Waals surface area contributed by atoms with Crippen molar-refractivity contribution >= 4 is 22.4 Å². The van der Waals surface area contributed by atoms with Crippen molar-refractivity contribution in [3.8, 4) is 0 Å². The summed E-state index contributed by atoms with van der Waals surface area (Å²) in [6, 6.07) is 1.67. The third-order valence-electron chi connectivity index (χ3n) is 3.48. The van der Waals surface area contributed by atoms with E-state index in [1.54, 1.807) is 0 Å². The van der Waals surface area contributed by atoms with E-state index in [4.69, 9.17) is 5.73 Å². The summed E-state index contributed by atoms with van der Waals surface area (Å²) in [5.74, 6) is -5.39. The summed E-state index contributed by atoms with van der Waals surface area (Å²) in [5.41, 5.74) is 6.17. The van der Waals surface area contributed by atoms with Gasteiger partial charge < -0.3 is 5.73 Å². The van der Waals surface area contributed by atoms with E-state index in [1.807, 2.05) is 0 Å². The normalized spacial score (nSPS) is 17.2. The van der Waals surface area contributed by atoms with Crippen LogP contribution in [0, 0.1) is 17.5 Å². The Labute approximate surface area is 128 Å². The first-order valence-corrected chi connectivity index (χ1v) is 7.46. The van der Waals surface area contributed by atoms with Gasteiger partial charge in [0.05, 0.1) is 11.3 Å². The SMILES string of the molecule is N[C@H]1CCc2nc(NC(=O)c3ccc(F)c(F)c3F)sc2C1. The molecular formula is C14H12F3N3OS. The van der Waals surface area contributed by atoms with E-state index in [1.165, 1.54) is 11.3 Å². The molecule has 1 atom stereocenters. The predicted molar refractivity (Wildman–Crippen MR) is 76.4 cm³/mol. The molecule has 3 N–H and O–H groups in total. The number of amides is 1. The number of nitrogens with one attached hydrogen (secondary N) is 1. The van der Waals surface area contributed by atoms with Gasteiger partial charge in [-0.1, -0.05) is 0 Å². The number of anilines is 1. The molecule has 1 aliphatic rings. The van der Waals surface area contributed by atoms with E-state index in [0.29, 0.717) is 17.6 Å². The number of carbonyl (C=O) groups is 1. The van der Waals surface area contributed by atoms with Crippen molar-refractivity contribution in [3.63, 3.8) is 0 Å². The number of aromatic nitrogens is 1. The van der Waals surface area contributed by atoms with E-state index in [2.05, 4.69) is 10.3 Å². The van der Waals surface area contributed by atoms with E-state index >= 15 is 0 Å². The van der Waals surface area contributed by atoms with Crippen molar-refractivity contribution in [1.82, 2.24) is 4.98 Å². The number of hydrogen-bond acceptors (Lipinski definition) is 4. The number of benzene rings is 1. The van der Waals surface area contributed by atoms with Crippen LogP contribution in [0.3, 0.4) is 0 Å². The van der Waals surface area contributed by atoms with E-state index in [-0.39, 0.29) is 6.04 Å². The van der Waals surface area contributed by atoms with Crippen LogP contribution in [0.25, 0.3) is 0 Å². The van der Waals surface area contributed by atoms with E-state index in [0.717, 1.165) is 29.5 Å². The molecule has 4 nitrogen and oxygen atoms in total. The molecule has 1 aromatic heterocycles. The largest absolute Gasteiger partial charge is 0.327 e. The Bertz CT molecular complexity index is 747. The van der Waals surface area contributed by atoms with Crippen LogP contribution in [0.5, 0.6) is 0 Å². The number of aryl methyl sites for hydroxylation is 1. The Morgan fingerprint density at radius 1 is 1.32 bits per heavy atom. The quantitative estimate of drug-likeness (QED) is 0.833. The highest BCUT2D eigenvalue weighted by atomic mass is 32.1. The fraction of sp³-hybridized carbons (Fsp3) is 0.286. The Balaban J connectivity index is 1.82. The Kier molecular flexibility index (Phi) is 3.88. The van der Waals surface area contributed by atoms with Crippen LogP contribution in [0.1, 0.15) is 27.3 Å². The van der Waals surface area contributed by atoms with Crippen molar-refractivity contribution in [2.75, 3.05) is 5.32 Å². The average molecular weight is 327 g/mol. The van der Waals surface area contributed by atoms with Gasteiger partial charge in [-0.15, -0.1) is 11.3 Å². The summed E-state index contributed by atoms with van der Waals surface area (Å²) in [5, 5.41) is 2.72. The van der Waals surface area contributed by atoms with E-state index in [9.17, 15) is 18.0 Å². The van der Waals surface area contributed by atoms with E-state index < -0.39 is 28.9 Å². The molecule has 0 saturated heterocycles. The van der Waals surface area contributed by atoms with Gasteiger partial charge in [0, 0.05) is 10.9 Å². The van der Waals surface area contributed by atoms with Gasteiger partial charge in [0.25, 0.3) is 5.91 Å². The van der Waals surface area contributed by atoms with Gasteiger partial charge in [0.2, 0.25) is 0 Å². The summed E-state index contributed by atoms with van der Waals surface area (Å²) < 4.78 is 39.6. The Morgan fingerprint density at radius 2 is 2.09 bits per heavy atom. The second-order valence-electron chi connectivity index (χ2n) is 5.07. The molecule has 0 bridgehead atoms. The maximum atomic E-state index is 13.6. The zero-order chi connectivity index (χ0) is 15.9. The first-order chi connectivity index (χ1) is 10.5. The maximum Gasteiger partial charge on any atom is 0.260 e. The third-order valence-corrected chi connectivity index (χ3v) is 4.51. The molecule has 1 aromatic carbocycles. The average Bonchev–Trinajstić information content (AvgIpc) is 2.86. The van der Waals surface area contributed by atoms with Crippen molar-refractivity contribution in [3.05, 3.63) is 45.7 Å². The molecule has 0 spiro atoms. The minimum atomic E-state index is -1.67. The topological polar surface area (TPSA) is 68.0 Å². The molecule has 1 amide bonds. The fourth-order valence-electron chi connectivity index (χ4n) is 2.32. The smallest absolute Gasteiger partial charge is 0.260 e. The van der Waals surface area contributed by atoms with Crippen molar-refractivity contribution in [2.45, 2.75) is 25.3 Å². The number of thiazole rings is 1. The number of hydrogen-bond donors (Lipinski definition) is 2. The lowest BCUT2D eigenvalue weighted by Gasteiger charge is -2.15. The van der Waals surface area contributed by atoms with Gasteiger partial charge in [-0.05, 0) is 31.4 Å². The Hall–Kier alpha value is -1.93. The van der Waals surface area contributed by atoms with Crippen LogP contribution >= 0.6 is 11.3 Å². The molecule has 3 rings (SSSR count). The number of fused-ring (bicyclic) bond motifs is 1. The lowest BCUT2D eigenvalue weighted by Crippen LogP contribution is -2.27. The molecule has 1 heterocycles. The molecule has 22 heavy (non-hydrogen) atoms. The fourth-order valence-corrected chi connectivity index (χ4v) is 3.42. The minimum absolute atomic E-state index is 0.0696. The van der Waals surface area contributed by atoms with Gasteiger partial charge in [0.1, 0.15) is 0 Å². The summed E-state index contributed by atoms with van der Waals surface area (Å²) in [6.45, 7) is 0. The standard InChI is InChI=1S/C14H12F3N3OS/c15-8-3-2-7(11(16)12(8)17)13(21)20-14-19-9-4-1-6(18)5-10(9)22-14/h2-3,6H,1,4-5,18H2,(H,19,20,21)/t6-/m0/s1. The van der Waals surface area contributed by atoms with Gasteiger partial charge in [-0.25, -0.2) is 18.2 Å². The van der Waals surface area contributed by atoms with Crippen molar-refractivity contribution in [1.29, 1.82) is 0 Å². The number of carbonyl (C=O) groups excluding carboxylic acids is 1. The Morgan fingerprint density at radius 3 is 2.86 bits per heavy atom. The molecule has 2 aromatic rings. The van der Waals surface area contributed by atoms with Gasteiger partial charge in [-0.3, -0.25) is 10.1 Å². The zero-order valence-electron chi connectivity index (χ0n) is 11.3. The van der Waals surface area contributed by atoms with Crippen LogP contribution in [0.2, 0.25) is 0 Å². The van der Waals surface area contributed by atoms with Crippen LogP contribution in [-0.4, -0.2) is 16.9 Å². The predicted octanol–water partition coefficient (Wildman–Crippen LogP) is 2.63. The molecule has 1 aliphatic carbocycles. The second kappa shape index (κ2) is 5.69. The molecule has 0 unspecified atom stereocenters. The third kappa shape index (κ3) is 2.71. The van der Waals surface area contributed by atoms with Crippen LogP contribution < -0.4 is 11.1 Å². The number of nitrogens with zero attached hydrogens (tertiary/aromatic N) is 1. The van der Waals surface area contributed by atoms with Gasteiger partial charge >= 0.3 is 0 Å². The molecular weight excluding hydrogens is 315 g/mol. The molecule has 0 aliphatic heterocycles. The van der Waals surface area contributed by atoms with Crippen LogP contribution in [0.15, 0.2) is 12.1 Å². The summed E-state index contributed by atoms with van der Waals surface area (Å²) in [4.78, 5) is 17.2. The lowest BCUT2D eigenvalue weighted by atomic mass is 9.99. The highest BCUT2D eigenvalue weighted by Gasteiger charge is 2.23. The monoisotopic (exact) mass is 327 g/mol. The minimum Gasteiger partial charge on any atom is -0.327 e. The summed E-state index contributed by atoms with van der Waals surface area (Å²) in [6.07, 6.45) is 2.23. The highest BCUT2D eigenvalue weighted by molar-refractivity contribution is 7.15. The number of halogens is 3. The zero-order valence-corrected chi connectivity index (χ0v) is 12.1. The van der Waals surface area contributed by atoms with Crippen LogP contribution in [-0.2, 0) is 12.8 Å². The molecule has 0 radical (unpaired) electrons. The molecule has 8 heteroatoms. The van der Waals surface area contributed by atoms with Gasteiger partial charge in [0.15, 0.2) is 22.6 Å². The first kappa shape index (κ1) is 15.0.